The molecule has 2 aromatic rings. The monoisotopic (exact) mass is 297 g/mol. The van der Waals surface area contributed by atoms with Gasteiger partial charge in [-0.2, -0.15) is 0 Å². The molecule has 88 valence electrons. The lowest BCUT2D eigenvalue weighted by Crippen LogP contribution is -2.05. The van der Waals surface area contributed by atoms with E-state index in [0.29, 0.717) is 16.5 Å². The van der Waals surface area contributed by atoms with Crippen LogP contribution in [0.5, 0.6) is 0 Å². The summed E-state index contributed by atoms with van der Waals surface area (Å²) in [5.74, 6) is -2.13. The van der Waals surface area contributed by atoms with Gasteiger partial charge in [0.15, 0.2) is 5.82 Å². The molecule has 0 fully saturated rings. The van der Waals surface area contributed by atoms with Gasteiger partial charge >= 0.3 is 5.97 Å². The van der Waals surface area contributed by atoms with Crippen molar-refractivity contribution < 1.29 is 14.3 Å². The first kappa shape index (κ1) is 12.0. The molecule has 0 aliphatic heterocycles. The third-order valence-electron chi connectivity index (χ3n) is 2.54. The average molecular weight is 298 g/mol. The van der Waals surface area contributed by atoms with Crippen LogP contribution in [0, 0.1) is 19.7 Å². The average Bonchev–Trinajstić information content (AvgIpc) is 2.20. The summed E-state index contributed by atoms with van der Waals surface area (Å²) < 4.78 is 13.7. The van der Waals surface area contributed by atoms with Crippen LogP contribution in [-0.2, 0) is 0 Å². The van der Waals surface area contributed by atoms with Crippen molar-refractivity contribution in [1.29, 1.82) is 0 Å². The number of fused-ring (bicyclic) bond motifs is 1. The van der Waals surface area contributed by atoms with Gasteiger partial charge in [-0.15, -0.1) is 0 Å². The lowest BCUT2D eigenvalue weighted by molar-refractivity contribution is 0.0694. The van der Waals surface area contributed by atoms with Gasteiger partial charge in [0.2, 0.25) is 0 Å². The number of benzene rings is 1. The van der Waals surface area contributed by atoms with Crippen molar-refractivity contribution in [3.63, 3.8) is 0 Å². The highest BCUT2D eigenvalue weighted by molar-refractivity contribution is 9.10. The maximum absolute atomic E-state index is 13.8. The number of hydrogen-bond acceptors (Lipinski definition) is 2. The molecule has 1 heterocycles. The number of pyridine rings is 1. The summed E-state index contributed by atoms with van der Waals surface area (Å²) in [7, 11) is 0. The van der Waals surface area contributed by atoms with Gasteiger partial charge in [-0.1, -0.05) is 6.07 Å². The minimum atomic E-state index is -1.29. The third kappa shape index (κ3) is 1.91. The Kier molecular flexibility index (Phi) is 2.87. The fraction of sp³-hybridized carbons (Fsp3) is 0.167. The summed E-state index contributed by atoms with van der Waals surface area (Å²) in [6.07, 6.45) is 0. The second-order valence-electron chi connectivity index (χ2n) is 3.87. The summed E-state index contributed by atoms with van der Waals surface area (Å²) in [5, 5.41) is 9.44. The maximum atomic E-state index is 13.8. The van der Waals surface area contributed by atoms with Gasteiger partial charge < -0.3 is 5.11 Å². The quantitative estimate of drug-likeness (QED) is 0.820. The Morgan fingerprint density at radius 2 is 2.06 bits per heavy atom. The fourth-order valence-electron chi connectivity index (χ4n) is 1.93. The van der Waals surface area contributed by atoms with Crippen molar-refractivity contribution >= 4 is 32.8 Å². The Bertz CT molecular complexity index is 640. The van der Waals surface area contributed by atoms with Gasteiger partial charge in [-0.25, -0.2) is 14.2 Å². The molecule has 0 unspecified atom stereocenters. The number of aryl methyl sites for hydroxylation is 2. The van der Waals surface area contributed by atoms with Gasteiger partial charge in [-0.05, 0) is 47.0 Å². The van der Waals surface area contributed by atoms with Crippen LogP contribution in [0.1, 0.15) is 21.5 Å². The van der Waals surface area contributed by atoms with E-state index < -0.39 is 11.8 Å². The van der Waals surface area contributed by atoms with E-state index in [4.69, 9.17) is 5.11 Å². The molecule has 1 aromatic carbocycles. The summed E-state index contributed by atoms with van der Waals surface area (Å²) in [6, 6.07) is 3.54. The topological polar surface area (TPSA) is 50.2 Å². The molecule has 0 bridgehead atoms. The van der Waals surface area contributed by atoms with E-state index in [2.05, 4.69) is 20.9 Å². The van der Waals surface area contributed by atoms with Crippen molar-refractivity contribution in [2.75, 3.05) is 0 Å². The first-order valence-electron chi connectivity index (χ1n) is 4.91. The SMILES string of the molecule is Cc1cc(C)c2c(C(=O)O)c(F)c(Br)nc2c1. The molecule has 3 nitrogen and oxygen atoms in total. The minimum absolute atomic E-state index is 0.0765. The van der Waals surface area contributed by atoms with Crippen LogP contribution < -0.4 is 0 Å². The number of nitrogens with zero attached hydrogens (tertiary/aromatic N) is 1. The van der Waals surface area contributed by atoms with Gasteiger partial charge in [0.25, 0.3) is 0 Å². The van der Waals surface area contributed by atoms with Crippen LogP contribution in [0.15, 0.2) is 16.7 Å². The molecule has 0 saturated carbocycles. The predicted molar refractivity (Wildman–Crippen MR) is 65.8 cm³/mol. The van der Waals surface area contributed by atoms with Crippen LogP contribution in [0.4, 0.5) is 4.39 Å². The molecule has 0 radical (unpaired) electrons. The molecule has 1 aromatic heterocycles. The summed E-state index contributed by atoms with van der Waals surface area (Å²) in [6.45, 7) is 3.63. The van der Waals surface area contributed by atoms with E-state index >= 15 is 0 Å². The zero-order valence-corrected chi connectivity index (χ0v) is 10.8. The highest BCUT2D eigenvalue weighted by Crippen LogP contribution is 2.28. The van der Waals surface area contributed by atoms with Crippen molar-refractivity contribution in [3.8, 4) is 0 Å². The minimum Gasteiger partial charge on any atom is -0.478 e. The van der Waals surface area contributed by atoms with E-state index in [1.54, 1.807) is 13.0 Å². The molecule has 1 N–H and O–H groups in total. The molecular weight excluding hydrogens is 289 g/mol. The molecule has 2 rings (SSSR count). The third-order valence-corrected chi connectivity index (χ3v) is 3.07. The van der Waals surface area contributed by atoms with Crippen LogP contribution in [0.2, 0.25) is 0 Å². The van der Waals surface area contributed by atoms with Crippen molar-refractivity contribution in [2.45, 2.75) is 13.8 Å². The molecule has 17 heavy (non-hydrogen) atoms. The normalized spacial score (nSPS) is 10.8. The number of aromatic carboxylic acids is 1. The number of carbonyl (C=O) groups is 1. The number of halogens is 2. The molecule has 0 amide bonds. The first-order chi connectivity index (χ1) is 7.91. The molecule has 0 atom stereocenters. The number of carboxylic acid groups (broad SMARTS) is 1. The molecule has 5 heteroatoms. The summed E-state index contributed by atoms with van der Waals surface area (Å²) in [5.41, 5.74) is 1.81. The molecule has 0 aliphatic carbocycles. The highest BCUT2D eigenvalue weighted by atomic mass is 79.9. The number of hydrogen-bond donors (Lipinski definition) is 1. The van der Waals surface area contributed by atoms with Gasteiger partial charge in [0.1, 0.15) is 10.2 Å². The van der Waals surface area contributed by atoms with Crippen LogP contribution in [-0.4, -0.2) is 16.1 Å². The fourth-order valence-corrected chi connectivity index (χ4v) is 2.32. The molecule has 0 saturated heterocycles. The van der Waals surface area contributed by atoms with E-state index in [1.807, 2.05) is 13.0 Å². The zero-order chi connectivity index (χ0) is 12.7. The van der Waals surface area contributed by atoms with E-state index in [0.717, 1.165) is 5.56 Å². The standard InChI is InChI=1S/C12H9BrFNO2/c1-5-3-6(2)8-7(4-5)15-11(13)10(14)9(8)12(16)17/h3-4H,1-2H3,(H,16,17). The second kappa shape index (κ2) is 4.07. The Balaban J connectivity index is 3.03. The highest BCUT2D eigenvalue weighted by Gasteiger charge is 2.20. The Hall–Kier alpha value is -1.49. The Morgan fingerprint density at radius 1 is 1.41 bits per heavy atom. The summed E-state index contributed by atoms with van der Waals surface area (Å²) in [4.78, 5) is 15.2. The Labute approximate surface area is 105 Å². The second-order valence-corrected chi connectivity index (χ2v) is 4.62. The molecular formula is C12H9BrFNO2. The smallest absolute Gasteiger partial charge is 0.339 e. The number of carboxylic acids is 1. The van der Waals surface area contributed by atoms with E-state index in [-0.39, 0.29) is 10.2 Å². The Morgan fingerprint density at radius 3 is 2.65 bits per heavy atom. The number of rotatable bonds is 1. The lowest BCUT2D eigenvalue weighted by Gasteiger charge is -2.09. The lowest BCUT2D eigenvalue weighted by atomic mass is 10.0. The van der Waals surface area contributed by atoms with Gasteiger partial charge in [-0.3, -0.25) is 0 Å². The predicted octanol–water partition coefficient (Wildman–Crippen LogP) is 3.45. The van der Waals surface area contributed by atoms with Crippen molar-refractivity contribution in [1.82, 2.24) is 4.98 Å². The van der Waals surface area contributed by atoms with Crippen LogP contribution in [0.3, 0.4) is 0 Å². The zero-order valence-electron chi connectivity index (χ0n) is 9.21. The van der Waals surface area contributed by atoms with E-state index in [9.17, 15) is 9.18 Å². The number of aromatic nitrogens is 1. The first-order valence-corrected chi connectivity index (χ1v) is 5.70. The van der Waals surface area contributed by atoms with Crippen LogP contribution >= 0.6 is 15.9 Å². The largest absolute Gasteiger partial charge is 0.478 e. The van der Waals surface area contributed by atoms with Crippen molar-refractivity contribution in [2.24, 2.45) is 0 Å². The molecule has 0 aliphatic rings. The summed E-state index contributed by atoms with van der Waals surface area (Å²) >= 11 is 2.94. The maximum Gasteiger partial charge on any atom is 0.339 e. The van der Waals surface area contributed by atoms with Gasteiger partial charge in [0.05, 0.1) is 5.52 Å². The van der Waals surface area contributed by atoms with Crippen molar-refractivity contribution in [3.05, 3.63) is 39.2 Å². The molecule has 0 spiro atoms. The van der Waals surface area contributed by atoms with Crippen LogP contribution in [0.25, 0.3) is 10.9 Å². The van der Waals surface area contributed by atoms with E-state index in [1.165, 1.54) is 0 Å². The van der Waals surface area contributed by atoms with Gasteiger partial charge in [0, 0.05) is 5.39 Å².